The highest BCUT2D eigenvalue weighted by molar-refractivity contribution is 7.05. The third-order valence-electron chi connectivity index (χ3n) is 2.93. The zero-order chi connectivity index (χ0) is 12.4. The summed E-state index contributed by atoms with van der Waals surface area (Å²) in [5.41, 5.74) is 2.18. The molecule has 0 saturated heterocycles. The molecule has 0 aliphatic heterocycles. The Balaban J connectivity index is 2.18. The van der Waals surface area contributed by atoms with Gasteiger partial charge < -0.3 is 5.32 Å². The number of benzene rings is 1. The maximum atomic E-state index is 4.48. The summed E-state index contributed by atoms with van der Waals surface area (Å²) >= 11 is 1.41. The van der Waals surface area contributed by atoms with E-state index < -0.39 is 0 Å². The lowest BCUT2D eigenvalue weighted by Gasteiger charge is -2.15. The fraction of sp³-hybridized carbons (Fsp3) is 0.154. The van der Waals surface area contributed by atoms with Gasteiger partial charge >= 0.3 is 0 Å². The van der Waals surface area contributed by atoms with E-state index in [4.69, 9.17) is 0 Å². The number of pyridine rings is 1. The minimum Gasteiger partial charge on any atom is -0.308 e. The Hall–Kier alpha value is -1.85. The second-order valence-electron chi connectivity index (χ2n) is 3.96. The maximum Gasteiger partial charge on any atom is 0.0753 e. The van der Waals surface area contributed by atoms with Crippen molar-refractivity contribution in [2.75, 3.05) is 7.05 Å². The summed E-state index contributed by atoms with van der Waals surface area (Å²) in [5, 5.41) is 8.35. The summed E-state index contributed by atoms with van der Waals surface area (Å²) in [6.45, 7) is 0. The van der Waals surface area contributed by atoms with E-state index in [1.165, 1.54) is 11.5 Å². The molecule has 0 amide bonds. The number of rotatable bonds is 3. The molecule has 1 unspecified atom stereocenters. The summed E-state index contributed by atoms with van der Waals surface area (Å²) in [6, 6.07) is 10.3. The minimum atomic E-state index is 0.0867. The lowest BCUT2D eigenvalue weighted by atomic mass is 10.0. The van der Waals surface area contributed by atoms with Crippen LogP contribution in [0.5, 0.6) is 0 Å². The van der Waals surface area contributed by atoms with Gasteiger partial charge in [0.25, 0.3) is 0 Å². The van der Waals surface area contributed by atoms with E-state index in [0.717, 1.165) is 21.3 Å². The maximum absolute atomic E-state index is 4.48. The van der Waals surface area contributed by atoms with Gasteiger partial charge in [-0.25, -0.2) is 0 Å². The van der Waals surface area contributed by atoms with Gasteiger partial charge in [-0.2, -0.15) is 0 Å². The highest BCUT2D eigenvalue weighted by Gasteiger charge is 2.17. The highest BCUT2D eigenvalue weighted by Crippen LogP contribution is 2.28. The number of nitrogens with zero attached hydrogens (tertiary/aromatic N) is 3. The number of nitrogens with one attached hydrogen (secondary N) is 1. The van der Waals surface area contributed by atoms with Crippen molar-refractivity contribution >= 4 is 22.4 Å². The monoisotopic (exact) mass is 256 g/mol. The average Bonchev–Trinajstić information content (AvgIpc) is 2.94. The molecule has 0 radical (unpaired) electrons. The first-order valence-corrected chi connectivity index (χ1v) is 6.45. The molecule has 90 valence electrons. The molecule has 0 fully saturated rings. The van der Waals surface area contributed by atoms with E-state index in [1.807, 2.05) is 19.3 Å². The Morgan fingerprint density at radius 2 is 2.11 bits per heavy atom. The molecule has 2 aromatic heterocycles. The predicted molar refractivity (Wildman–Crippen MR) is 72.6 cm³/mol. The summed E-state index contributed by atoms with van der Waals surface area (Å²) in [5.74, 6) is 0. The Kier molecular flexibility index (Phi) is 3.00. The van der Waals surface area contributed by atoms with E-state index in [9.17, 15) is 0 Å². The standard InChI is InChI=1S/C13H12N4S/c1-14-13(11-8-16-17-18-11)10-6-2-4-9-5-3-7-15-12(9)10/h2-8,13-14H,1H3. The molecule has 0 aliphatic rings. The topological polar surface area (TPSA) is 50.7 Å². The van der Waals surface area contributed by atoms with Gasteiger partial charge in [0.2, 0.25) is 0 Å². The van der Waals surface area contributed by atoms with Gasteiger partial charge in [0.1, 0.15) is 0 Å². The summed E-state index contributed by atoms with van der Waals surface area (Å²) < 4.78 is 3.93. The van der Waals surface area contributed by atoms with E-state index in [0.29, 0.717) is 0 Å². The molecule has 18 heavy (non-hydrogen) atoms. The number of para-hydroxylation sites is 1. The van der Waals surface area contributed by atoms with E-state index in [-0.39, 0.29) is 6.04 Å². The first kappa shape index (κ1) is 11.3. The van der Waals surface area contributed by atoms with E-state index in [2.05, 4.69) is 44.2 Å². The second-order valence-corrected chi connectivity index (χ2v) is 4.78. The van der Waals surface area contributed by atoms with Crippen LogP contribution >= 0.6 is 11.5 Å². The van der Waals surface area contributed by atoms with Crippen molar-refractivity contribution in [3.05, 3.63) is 53.2 Å². The number of aromatic nitrogens is 3. The van der Waals surface area contributed by atoms with Crippen LogP contribution in [0.3, 0.4) is 0 Å². The molecule has 5 heteroatoms. The van der Waals surface area contributed by atoms with Gasteiger partial charge in [-0.3, -0.25) is 4.98 Å². The Bertz CT molecular complexity index is 646. The number of hydrogen-bond donors (Lipinski definition) is 1. The molecule has 1 aromatic carbocycles. The van der Waals surface area contributed by atoms with Crippen molar-refractivity contribution in [2.24, 2.45) is 0 Å². The minimum absolute atomic E-state index is 0.0867. The van der Waals surface area contributed by atoms with Gasteiger partial charge in [-0.1, -0.05) is 28.8 Å². The number of hydrogen-bond acceptors (Lipinski definition) is 5. The van der Waals surface area contributed by atoms with Crippen molar-refractivity contribution in [3.8, 4) is 0 Å². The molecular formula is C13H12N4S. The molecule has 4 nitrogen and oxygen atoms in total. The predicted octanol–water partition coefficient (Wildman–Crippen LogP) is 2.40. The lowest BCUT2D eigenvalue weighted by Crippen LogP contribution is -2.17. The Morgan fingerprint density at radius 3 is 2.89 bits per heavy atom. The molecule has 0 saturated carbocycles. The van der Waals surface area contributed by atoms with Crippen molar-refractivity contribution in [2.45, 2.75) is 6.04 Å². The average molecular weight is 256 g/mol. The quantitative estimate of drug-likeness (QED) is 0.781. The van der Waals surface area contributed by atoms with Crippen molar-refractivity contribution < 1.29 is 0 Å². The van der Waals surface area contributed by atoms with Crippen LogP contribution in [-0.2, 0) is 0 Å². The van der Waals surface area contributed by atoms with E-state index >= 15 is 0 Å². The normalized spacial score (nSPS) is 12.7. The first-order valence-electron chi connectivity index (χ1n) is 5.68. The molecule has 3 rings (SSSR count). The van der Waals surface area contributed by atoms with Gasteiger partial charge in [-0.15, -0.1) is 5.10 Å². The van der Waals surface area contributed by atoms with E-state index in [1.54, 1.807) is 6.20 Å². The Morgan fingerprint density at radius 1 is 1.22 bits per heavy atom. The summed E-state index contributed by atoms with van der Waals surface area (Å²) in [4.78, 5) is 5.58. The smallest absolute Gasteiger partial charge is 0.0753 e. The largest absolute Gasteiger partial charge is 0.308 e. The van der Waals surface area contributed by atoms with Gasteiger partial charge in [0.05, 0.1) is 22.6 Å². The van der Waals surface area contributed by atoms with Crippen LogP contribution in [0.25, 0.3) is 10.9 Å². The fourth-order valence-electron chi connectivity index (χ4n) is 2.11. The van der Waals surface area contributed by atoms with Crippen LogP contribution in [-0.4, -0.2) is 21.6 Å². The van der Waals surface area contributed by atoms with Crippen LogP contribution in [0.1, 0.15) is 16.5 Å². The van der Waals surface area contributed by atoms with Crippen LogP contribution in [0.2, 0.25) is 0 Å². The fourth-order valence-corrected chi connectivity index (χ4v) is 2.75. The zero-order valence-corrected chi connectivity index (χ0v) is 10.7. The molecule has 1 atom stereocenters. The summed E-state index contributed by atoms with van der Waals surface area (Å²) in [6.07, 6.45) is 3.62. The van der Waals surface area contributed by atoms with Crippen LogP contribution < -0.4 is 5.32 Å². The molecule has 2 heterocycles. The molecule has 0 bridgehead atoms. The van der Waals surface area contributed by atoms with Crippen molar-refractivity contribution in [1.82, 2.24) is 19.9 Å². The van der Waals surface area contributed by atoms with Crippen LogP contribution in [0.15, 0.2) is 42.7 Å². The molecule has 0 spiro atoms. The molecular weight excluding hydrogens is 244 g/mol. The SMILES string of the molecule is CNC(c1cnns1)c1cccc2cccnc12. The third-order valence-corrected chi connectivity index (χ3v) is 3.65. The van der Waals surface area contributed by atoms with Gasteiger partial charge in [-0.05, 0) is 24.6 Å². The highest BCUT2D eigenvalue weighted by atomic mass is 32.1. The number of fused-ring (bicyclic) bond motifs is 1. The first-order chi connectivity index (χ1) is 8.90. The Labute approximate surface area is 109 Å². The second kappa shape index (κ2) is 4.80. The zero-order valence-electron chi connectivity index (χ0n) is 9.87. The lowest BCUT2D eigenvalue weighted by molar-refractivity contribution is 0.706. The van der Waals surface area contributed by atoms with Gasteiger partial charge in [0, 0.05) is 17.1 Å². The van der Waals surface area contributed by atoms with Crippen LogP contribution in [0.4, 0.5) is 0 Å². The van der Waals surface area contributed by atoms with Gasteiger partial charge in [0.15, 0.2) is 0 Å². The van der Waals surface area contributed by atoms with Crippen molar-refractivity contribution in [3.63, 3.8) is 0 Å². The summed E-state index contributed by atoms with van der Waals surface area (Å²) in [7, 11) is 1.94. The third kappa shape index (κ3) is 1.87. The molecule has 3 aromatic rings. The van der Waals surface area contributed by atoms with Crippen molar-refractivity contribution in [1.29, 1.82) is 0 Å². The van der Waals surface area contributed by atoms with Crippen LogP contribution in [0, 0.1) is 0 Å². The molecule has 0 aliphatic carbocycles. The molecule has 1 N–H and O–H groups in total.